The Balaban J connectivity index is 1.05. The molecule has 11 heteroatoms. The van der Waals surface area contributed by atoms with Crippen LogP contribution in [0.4, 0.5) is 15.8 Å². The van der Waals surface area contributed by atoms with Crippen LogP contribution >= 0.6 is 11.8 Å². The normalized spacial score (nSPS) is 16.7. The molecule has 1 fully saturated rings. The van der Waals surface area contributed by atoms with Crippen molar-refractivity contribution in [2.24, 2.45) is 0 Å². The molecule has 0 saturated carbocycles. The molecule has 9 nitrogen and oxygen atoms in total. The lowest BCUT2D eigenvalue weighted by molar-refractivity contribution is -0.123. The number of carbonyl (C=O) groups is 2. The smallest absolute Gasteiger partial charge is 0.233 e. The van der Waals surface area contributed by atoms with E-state index in [1.54, 1.807) is 48.3 Å². The van der Waals surface area contributed by atoms with Crippen molar-refractivity contribution in [3.63, 3.8) is 0 Å². The lowest BCUT2D eigenvalue weighted by Gasteiger charge is -2.32. The number of hydrogen-bond acceptors (Lipinski definition) is 8. The topological polar surface area (TPSA) is 99.7 Å². The molecule has 2 aromatic heterocycles. The number of rotatable bonds is 9. The highest BCUT2D eigenvalue weighted by molar-refractivity contribution is 8.00. The molecular weight excluding hydrogens is 579 g/mol. The Morgan fingerprint density at radius 2 is 1.70 bits per heavy atom. The number of amides is 2. The molecule has 0 aliphatic carbocycles. The van der Waals surface area contributed by atoms with E-state index in [1.807, 2.05) is 12.3 Å². The third-order valence-corrected chi connectivity index (χ3v) is 8.94. The van der Waals surface area contributed by atoms with E-state index in [1.165, 1.54) is 23.8 Å². The molecule has 226 valence electrons. The van der Waals surface area contributed by atoms with Gasteiger partial charge in [0.05, 0.1) is 21.5 Å². The minimum absolute atomic E-state index is 0.0219. The summed E-state index contributed by atoms with van der Waals surface area (Å²) < 4.78 is 21.1. The first-order valence-electron chi connectivity index (χ1n) is 14.5. The summed E-state index contributed by atoms with van der Waals surface area (Å²) in [4.78, 5) is 39.5. The quantitative estimate of drug-likeness (QED) is 0.239. The van der Waals surface area contributed by atoms with E-state index in [9.17, 15) is 9.59 Å². The number of fused-ring (bicyclic) bond motifs is 1. The van der Waals surface area contributed by atoms with E-state index in [0.29, 0.717) is 17.9 Å². The largest absolute Gasteiger partial charge is 0.453 e. The molecule has 2 aliphatic heterocycles. The van der Waals surface area contributed by atoms with Crippen molar-refractivity contribution in [1.82, 2.24) is 19.8 Å². The van der Waals surface area contributed by atoms with Crippen molar-refractivity contribution >= 4 is 35.0 Å². The van der Waals surface area contributed by atoms with E-state index >= 15 is 4.39 Å². The zero-order valence-corrected chi connectivity index (χ0v) is 25.1. The predicted molar refractivity (Wildman–Crippen MR) is 168 cm³/mol. The molecule has 44 heavy (non-hydrogen) atoms. The number of anilines is 2. The Kier molecular flexibility index (Phi) is 9.15. The number of piperazine rings is 1. The molecule has 1 saturated heterocycles. The second kappa shape index (κ2) is 13.5. The SMILES string of the molecule is CN1CCN(Cc2ccc(C3Cc4nccc(Oc5ccc(NC(=O)CC(=O)Nc6ccccc6)cc5F)c4S3)nc2)CC1. The van der Waals surface area contributed by atoms with Gasteiger partial charge in [0.15, 0.2) is 11.6 Å². The van der Waals surface area contributed by atoms with Gasteiger partial charge >= 0.3 is 0 Å². The van der Waals surface area contributed by atoms with Gasteiger partial charge in [0, 0.05) is 75.0 Å². The molecular formula is C33H33FN6O3S. The van der Waals surface area contributed by atoms with E-state index in [4.69, 9.17) is 9.72 Å². The summed E-state index contributed by atoms with van der Waals surface area (Å²) in [7, 11) is 2.16. The molecule has 4 aromatic rings. The van der Waals surface area contributed by atoms with Crippen molar-refractivity contribution in [3.05, 3.63) is 102 Å². The Morgan fingerprint density at radius 1 is 0.932 bits per heavy atom. The Morgan fingerprint density at radius 3 is 2.43 bits per heavy atom. The van der Waals surface area contributed by atoms with Gasteiger partial charge < -0.3 is 20.3 Å². The number of halogens is 1. The van der Waals surface area contributed by atoms with Gasteiger partial charge in [0.1, 0.15) is 12.2 Å². The van der Waals surface area contributed by atoms with Gasteiger partial charge in [-0.3, -0.25) is 24.5 Å². The summed E-state index contributed by atoms with van der Waals surface area (Å²) in [5.74, 6) is -1.12. The number of nitrogens with zero attached hydrogens (tertiary/aromatic N) is 4. The molecule has 2 N–H and O–H groups in total. The number of para-hydroxylation sites is 1. The fourth-order valence-corrected chi connectivity index (χ4v) is 6.47. The van der Waals surface area contributed by atoms with Crippen LogP contribution in [0, 0.1) is 5.82 Å². The third-order valence-electron chi connectivity index (χ3n) is 7.57. The molecule has 0 bridgehead atoms. The van der Waals surface area contributed by atoms with Crippen LogP contribution in [0.2, 0.25) is 0 Å². The average Bonchev–Trinajstić information content (AvgIpc) is 3.46. The molecule has 1 atom stereocenters. The van der Waals surface area contributed by atoms with Gasteiger partial charge in [-0.05, 0) is 42.9 Å². The van der Waals surface area contributed by atoms with Crippen LogP contribution in [0.1, 0.15) is 28.6 Å². The summed E-state index contributed by atoms with van der Waals surface area (Å²) in [5.41, 5.74) is 3.88. The molecule has 6 rings (SSSR count). The molecule has 4 heterocycles. The fourth-order valence-electron chi connectivity index (χ4n) is 5.19. The second-order valence-electron chi connectivity index (χ2n) is 11.0. The van der Waals surface area contributed by atoms with Crippen LogP contribution in [0.3, 0.4) is 0 Å². The second-order valence-corrected chi connectivity index (χ2v) is 12.2. The van der Waals surface area contributed by atoms with E-state index < -0.39 is 24.1 Å². The number of hydrogen-bond donors (Lipinski definition) is 2. The number of carbonyl (C=O) groups excluding carboxylic acids is 2. The van der Waals surface area contributed by atoms with Gasteiger partial charge in [-0.2, -0.15) is 0 Å². The van der Waals surface area contributed by atoms with Crippen LogP contribution < -0.4 is 15.4 Å². The summed E-state index contributed by atoms with van der Waals surface area (Å²) in [6.07, 6.45) is 3.93. The summed E-state index contributed by atoms with van der Waals surface area (Å²) >= 11 is 1.62. The molecule has 2 amide bonds. The maximum atomic E-state index is 15.1. The van der Waals surface area contributed by atoms with Gasteiger partial charge in [0.2, 0.25) is 11.8 Å². The predicted octanol–water partition coefficient (Wildman–Crippen LogP) is 5.51. The molecule has 2 aromatic carbocycles. The maximum Gasteiger partial charge on any atom is 0.233 e. The molecule has 0 radical (unpaired) electrons. The van der Waals surface area contributed by atoms with Gasteiger partial charge in [-0.25, -0.2) is 4.39 Å². The summed E-state index contributed by atoms with van der Waals surface area (Å²) in [6, 6.07) is 19.0. The first kappa shape index (κ1) is 29.7. The highest BCUT2D eigenvalue weighted by atomic mass is 32.2. The van der Waals surface area contributed by atoms with Gasteiger partial charge in [-0.15, -0.1) is 11.8 Å². The average molecular weight is 613 g/mol. The van der Waals surface area contributed by atoms with Crippen LogP contribution in [-0.2, 0) is 22.6 Å². The maximum absolute atomic E-state index is 15.1. The minimum Gasteiger partial charge on any atom is -0.453 e. The van der Waals surface area contributed by atoms with Crippen LogP contribution in [0.5, 0.6) is 11.5 Å². The van der Waals surface area contributed by atoms with E-state index in [-0.39, 0.29) is 16.7 Å². The lowest BCUT2D eigenvalue weighted by Crippen LogP contribution is -2.43. The van der Waals surface area contributed by atoms with Crippen molar-refractivity contribution in [2.75, 3.05) is 43.9 Å². The number of nitrogens with one attached hydrogen (secondary N) is 2. The first-order chi connectivity index (χ1) is 21.4. The van der Waals surface area contributed by atoms with Crippen molar-refractivity contribution in [2.45, 2.75) is 29.5 Å². The van der Waals surface area contributed by atoms with E-state index in [0.717, 1.165) is 49.0 Å². The summed E-state index contributed by atoms with van der Waals surface area (Å²) in [5, 5.41) is 5.30. The van der Waals surface area contributed by atoms with Crippen LogP contribution in [-0.4, -0.2) is 64.8 Å². The number of benzene rings is 2. The zero-order chi connectivity index (χ0) is 30.5. The minimum atomic E-state index is -0.640. The Bertz CT molecular complexity index is 1630. The van der Waals surface area contributed by atoms with Gasteiger partial charge in [0.25, 0.3) is 0 Å². The van der Waals surface area contributed by atoms with Crippen molar-refractivity contribution in [1.29, 1.82) is 0 Å². The molecule has 2 aliphatic rings. The van der Waals surface area contributed by atoms with Crippen LogP contribution in [0.25, 0.3) is 0 Å². The monoisotopic (exact) mass is 612 g/mol. The van der Waals surface area contributed by atoms with Crippen LogP contribution in [0.15, 0.2) is 84.0 Å². The number of thioether (sulfide) groups is 1. The zero-order valence-electron chi connectivity index (χ0n) is 24.3. The molecule has 1 unspecified atom stereocenters. The van der Waals surface area contributed by atoms with Crippen molar-refractivity contribution in [3.8, 4) is 11.5 Å². The highest BCUT2D eigenvalue weighted by Gasteiger charge is 2.29. The Labute approximate surface area is 259 Å². The lowest BCUT2D eigenvalue weighted by atomic mass is 10.1. The number of pyridine rings is 2. The third kappa shape index (κ3) is 7.42. The highest BCUT2D eigenvalue weighted by Crippen LogP contribution is 2.50. The standard InChI is InChI=1S/C33H33FN6O3S/c1-39-13-15-40(16-14-39)21-22-7-9-26(36-20-22)30-18-27-33(44-30)29(11-12-35-27)43-28-10-8-24(17-25(28)34)38-32(42)19-31(41)37-23-5-3-2-4-6-23/h2-12,17,20,30H,13-16,18-19,21H2,1H3,(H,37,41)(H,38,42). The Hall–Kier alpha value is -4.32. The number of ether oxygens (including phenoxy) is 1. The van der Waals surface area contributed by atoms with Gasteiger partial charge in [-0.1, -0.05) is 24.3 Å². The summed E-state index contributed by atoms with van der Waals surface area (Å²) in [6.45, 7) is 5.19. The first-order valence-corrected chi connectivity index (χ1v) is 15.4. The number of likely N-dealkylation sites (N-methyl/N-ethyl adjacent to an activating group) is 1. The number of aromatic nitrogens is 2. The van der Waals surface area contributed by atoms with E-state index in [2.05, 4.69) is 44.6 Å². The molecule has 0 spiro atoms. The van der Waals surface area contributed by atoms with Crippen molar-refractivity contribution < 1.29 is 18.7 Å². The fraction of sp³-hybridized carbons (Fsp3) is 0.273.